The molecule has 60 valence electrons. The molecule has 0 fully saturated rings. The first kappa shape index (κ1) is 7.71. The predicted octanol–water partition coefficient (Wildman–Crippen LogP) is -0.740. The Morgan fingerprint density at radius 1 is 1.55 bits per heavy atom. The average Bonchev–Trinajstić information content (AvgIpc) is 1.85. The largest absolute Gasteiger partial charge is 0.350 e. The topological polar surface area (TPSA) is 67.8 Å². The number of H-pyrrole nitrogens is 1. The molecule has 5 nitrogen and oxygen atoms in total. The van der Waals surface area contributed by atoms with E-state index in [2.05, 4.69) is 9.97 Å². The molecule has 1 rings (SSSR count). The molecule has 0 aromatic carbocycles. The zero-order chi connectivity index (χ0) is 8.43. The Bertz CT molecular complexity index is 363. The molecule has 5 heteroatoms. The van der Waals surface area contributed by atoms with Gasteiger partial charge in [-0.3, -0.25) is 9.55 Å². The van der Waals surface area contributed by atoms with E-state index in [1.54, 1.807) is 6.92 Å². The Balaban J connectivity index is 3.49. The minimum atomic E-state index is -0.586. The van der Waals surface area contributed by atoms with E-state index < -0.39 is 11.4 Å². The molecule has 0 aliphatic carbocycles. The fourth-order valence-corrected chi connectivity index (χ4v) is 0.914. The van der Waals surface area contributed by atoms with Crippen LogP contribution in [0.1, 0.15) is 12.7 Å². The normalized spacial score (nSPS) is 10.0. The molecular formula is C6H9N3O2. The summed E-state index contributed by atoms with van der Waals surface area (Å²) in [6.07, 6.45) is 0. The van der Waals surface area contributed by atoms with Gasteiger partial charge in [0.05, 0.1) is 0 Å². The van der Waals surface area contributed by atoms with E-state index in [9.17, 15) is 9.59 Å². The molecule has 0 saturated carbocycles. The van der Waals surface area contributed by atoms with Crippen LogP contribution in [0, 0.1) is 6.92 Å². The van der Waals surface area contributed by atoms with Crippen molar-refractivity contribution in [3.8, 4) is 0 Å². The number of nitrogens with zero attached hydrogens (tertiary/aromatic N) is 2. The highest BCUT2D eigenvalue weighted by atomic mass is 16.2. The first-order chi connectivity index (χ1) is 5.15. The van der Waals surface area contributed by atoms with Gasteiger partial charge in [0.25, 0.3) is 0 Å². The lowest BCUT2D eigenvalue weighted by Crippen LogP contribution is -2.33. The zero-order valence-electron chi connectivity index (χ0n) is 6.42. The van der Waals surface area contributed by atoms with E-state index in [1.807, 2.05) is 6.92 Å². The van der Waals surface area contributed by atoms with Crippen molar-refractivity contribution in [3.05, 3.63) is 26.8 Å². The van der Waals surface area contributed by atoms with Crippen LogP contribution in [-0.4, -0.2) is 14.5 Å². The number of aromatic amines is 1. The Kier molecular flexibility index (Phi) is 1.89. The molecule has 0 bridgehead atoms. The molecule has 0 radical (unpaired) electrons. The van der Waals surface area contributed by atoms with Crippen LogP contribution < -0.4 is 11.4 Å². The summed E-state index contributed by atoms with van der Waals surface area (Å²) in [6, 6.07) is 0. The van der Waals surface area contributed by atoms with Crippen molar-refractivity contribution in [3.63, 3.8) is 0 Å². The molecule has 0 spiro atoms. The molecular weight excluding hydrogens is 146 g/mol. The fourth-order valence-electron chi connectivity index (χ4n) is 0.914. The lowest BCUT2D eigenvalue weighted by Gasteiger charge is -2.01. The molecule has 0 aliphatic rings. The third-order valence-electron chi connectivity index (χ3n) is 1.43. The standard InChI is InChI=1S/C6H9N3O2/c1-3-9-4(2)7-5(10)8-6(9)11/h3H2,1-2H3,(H,8,10,11). The molecule has 0 atom stereocenters. The highest BCUT2D eigenvalue weighted by Gasteiger charge is 1.98. The lowest BCUT2D eigenvalue weighted by molar-refractivity contribution is 0.634. The van der Waals surface area contributed by atoms with Crippen LogP contribution in [0.15, 0.2) is 9.59 Å². The van der Waals surface area contributed by atoms with Gasteiger partial charge in [0.15, 0.2) is 0 Å². The maximum atomic E-state index is 11.0. The summed E-state index contributed by atoms with van der Waals surface area (Å²) in [7, 11) is 0. The summed E-state index contributed by atoms with van der Waals surface area (Å²) in [6.45, 7) is 3.96. The SMILES string of the molecule is CCn1c(C)nc(=O)[nH]c1=O. The third-order valence-corrected chi connectivity index (χ3v) is 1.43. The van der Waals surface area contributed by atoms with E-state index >= 15 is 0 Å². The molecule has 1 N–H and O–H groups in total. The summed E-state index contributed by atoms with van der Waals surface area (Å²) in [5.74, 6) is 0.446. The summed E-state index contributed by atoms with van der Waals surface area (Å²) >= 11 is 0. The van der Waals surface area contributed by atoms with Gasteiger partial charge in [-0.2, -0.15) is 4.98 Å². The van der Waals surface area contributed by atoms with Gasteiger partial charge in [0.2, 0.25) is 0 Å². The van der Waals surface area contributed by atoms with E-state index in [4.69, 9.17) is 0 Å². The number of hydrogen-bond acceptors (Lipinski definition) is 3. The second-order valence-electron chi connectivity index (χ2n) is 2.14. The highest BCUT2D eigenvalue weighted by molar-refractivity contribution is 4.81. The van der Waals surface area contributed by atoms with Gasteiger partial charge in [0.1, 0.15) is 5.82 Å². The van der Waals surface area contributed by atoms with Crippen LogP contribution in [0.3, 0.4) is 0 Å². The van der Waals surface area contributed by atoms with Gasteiger partial charge in [-0.1, -0.05) is 0 Å². The maximum Gasteiger partial charge on any atom is 0.350 e. The summed E-state index contributed by atoms with van der Waals surface area (Å²) in [5, 5.41) is 0. The fraction of sp³-hybridized carbons (Fsp3) is 0.500. The van der Waals surface area contributed by atoms with E-state index in [0.29, 0.717) is 12.4 Å². The van der Waals surface area contributed by atoms with Crippen molar-refractivity contribution in [2.24, 2.45) is 0 Å². The zero-order valence-corrected chi connectivity index (χ0v) is 6.42. The molecule has 0 amide bonds. The van der Waals surface area contributed by atoms with Gasteiger partial charge in [0, 0.05) is 6.54 Å². The van der Waals surface area contributed by atoms with Gasteiger partial charge in [-0.25, -0.2) is 9.59 Å². The third kappa shape index (κ3) is 1.36. The minimum Gasteiger partial charge on any atom is -0.282 e. The van der Waals surface area contributed by atoms with Crippen molar-refractivity contribution in [2.75, 3.05) is 0 Å². The van der Waals surface area contributed by atoms with E-state index in [1.165, 1.54) is 4.57 Å². The average molecular weight is 155 g/mol. The van der Waals surface area contributed by atoms with Crippen molar-refractivity contribution >= 4 is 0 Å². The number of aryl methyl sites for hydroxylation is 1. The van der Waals surface area contributed by atoms with Gasteiger partial charge in [-0.15, -0.1) is 0 Å². The van der Waals surface area contributed by atoms with Crippen LogP contribution in [0.5, 0.6) is 0 Å². The Morgan fingerprint density at radius 3 is 2.64 bits per heavy atom. The summed E-state index contributed by atoms with van der Waals surface area (Å²) in [5.41, 5.74) is -0.984. The quantitative estimate of drug-likeness (QED) is 0.580. The predicted molar refractivity (Wildman–Crippen MR) is 39.5 cm³/mol. The Labute approximate surface area is 62.7 Å². The molecule has 1 heterocycles. The van der Waals surface area contributed by atoms with E-state index in [-0.39, 0.29) is 0 Å². The number of aromatic nitrogens is 3. The van der Waals surface area contributed by atoms with Crippen LogP contribution in [0.4, 0.5) is 0 Å². The molecule has 1 aromatic rings. The van der Waals surface area contributed by atoms with Gasteiger partial charge in [-0.05, 0) is 13.8 Å². The minimum absolute atomic E-state index is 0.398. The Morgan fingerprint density at radius 2 is 2.18 bits per heavy atom. The van der Waals surface area contributed by atoms with Crippen molar-refractivity contribution < 1.29 is 0 Å². The van der Waals surface area contributed by atoms with Crippen molar-refractivity contribution in [2.45, 2.75) is 20.4 Å². The maximum absolute atomic E-state index is 11.0. The lowest BCUT2D eigenvalue weighted by atomic mass is 10.6. The van der Waals surface area contributed by atoms with Gasteiger partial charge < -0.3 is 0 Å². The van der Waals surface area contributed by atoms with Crippen molar-refractivity contribution in [1.82, 2.24) is 14.5 Å². The van der Waals surface area contributed by atoms with Crippen LogP contribution in [0.25, 0.3) is 0 Å². The summed E-state index contributed by atoms with van der Waals surface area (Å²) in [4.78, 5) is 27.2. The Hall–Kier alpha value is -1.39. The number of rotatable bonds is 1. The monoisotopic (exact) mass is 155 g/mol. The molecule has 11 heavy (non-hydrogen) atoms. The smallest absolute Gasteiger partial charge is 0.282 e. The summed E-state index contributed by atoms with van der Waals surface area (Å²) < 4.78 is 1.39. The van der Waals surface area contributed by atoms with Crippen LogP contribution in [0.2, 0.25) is 0 Å². The number of nitrogens with one attached hydrogen (secondary N) is 1. The number of hydrogen-bond donors (Lipinski definition) is 1. The second-order valence-corrected chi connectivity index (χ2v) is 2.14. The first-order valence-electron chi connectivity index (χ1n) is 3.33. The molecule has 0 unspecified atom stereocenters. The second kappa shape index (κ2) is 2.69. The van der Waals surface area contributed by atoms with Crippen LogP contribution >= 0.6 is 0 Å². The van der Waals surface area contributed by atoms with Crippen molar-refractivity contribution in [1.29, 1.82) is 0 Å². The van der Waals surface area contributed by atoms with E-state index in [0.717, 1.165) is 0 Å². The molecule has 0 saturated heterocycles. The molecule has 1 aromatic heterocycles. The van der Waals surface area contributed by atoms with Gasteiger partial charge >= 0.3 is 11.4 Å². The van der Waals surface area contributed by atoms with Crippen LogP contribution in [-0.2, 0) is 6.54 Å². The first-order valence-corrected chi connectivity index (χ1v) is 3.33. The highest BCUT2D eigenvalue weighted by Crippen LogP contribution is 1.81. The molecule has 0 aliphatic heterocycles.